The van der Waals surface area contributed by atoms with Crippen LogP contribution in [0.5, 0.6) is 5.75 Å². The highest BCUT2D eigenvalue weighted by molar-refractivity contribution is 7.80. The van der Waals surface area contributed by atoms with Crippen molar-refractivity contribution in [2.24, 2.45) is 11.0 Å². The summed E-state index contributed by atoms with van der Waals surface area (Å²) < 4.78 is 5.63. The number of nitrogens with zero attached hydrogens (tertiary/aromatic N) is 2. The van der Waals surface area contributed by atoms with Gasteiger partial charge in [0.25, 0.3) is 5.91 Å². The van der Waals surface area contributed by atoms with Gasteiger partial charge >= 0.3 is 0 Å². The maximum atomic E-state index is 12.1. The van der Waals surface area contributed by atoms with E-state index in [1.165, 1.54) is 19.3 Å². The molecule has 1 saturated heterocycles. The Labute approximate surface area is 179 Å². The van der Waals surface area contributed by atoms with E-state index in [0.29, 0.717) is 22.8 Å². The maximum absolute atomic E-state index is 12.1. The van der Waals surface area contributed by atoms with Crippen molar-refractivity contribution in [3.63, 3.8) is 0 Å². The fraction of sp³-hybridized carbons (Fsp3) is 0.591. The number of rotatable bonds is 6. The van der Waals surface area contributed by atoms with Crippen molar-refractivity contribution in [3.05, 3.63) is 29.8 Å². The van der Waals surface area contributed by atoms with Crippen molar-refractivity contribution in [3.8, 4) is 5.75 Å². The Morgan fingerprint density at radius 2 is 1.86 bits per heavy atom. The lowest BCUT2D eigenvalue weighted by Crippen LogP contribution is -2.44. The number of thiocarbonyl (C=S) groups is 1. The van der Waals surface area contributed by atoms with E-state index in [0.717, 1.165) is 43.6 Å². The van der Waals surface area contributed by atoms with E-state index >= 15 is 0 Å². The quantitative estimate of drug-likeness (QED) is 0.422. The van der Waals surface area contributed by atoms with Gasteiger partial charge in [0, 0.05) is 19.1 Å². The number of likely N-dealkylation sites (tertiary alicyclic amines) is 1. The average Bonchev–Trinajstić information content (AvgIpc) is 3.27. The zero-order valence-electron chi connectivity index (χ0n) is 17.4. The van der Waals surface area contributed by atoms with Gasteiger partial charge in [0.15, 0.2) is 11.7 Å². The second-order valence-electron chi connectivity index (χ2n) is 8.05. The molecule has 1 aromatic rings. The first-order chi connectivity index (χ1) is 14.0. The zero-order chi connectivity index (χ0) is 20.6. The summed E-state index contributed by atoms with van der Waals surface area (Å²) in [6.45, 7) is 6.00. The lowest BCUT2D eigenvalue weighted by Gasteiger charge is -2.30. The van der Waals surface area contributed by atoms with Gasteiger partial charge in [0.1, 0.15) is 5.75 Å². The average molecular weight is 417 g/mol. The Hall–Kier alpha value is -2.15. The molecule has 3 rings (SSSR count). The minimum atomic E-state index is 0.0572. The van der Waals surface area contributed by atoms with E-state index < -0.39 is 0 Å². The highest BCUT2D eigenvalue weighted by Gasteiger charge is 2.21. The van der Waals surface area contributed by atoms with Gasteiger partial charge in [-0.2, -0.15) is 5.10 Å². The normalized spacial score (nSPS) is 22.3. The second kappa shape index (κ2) is 10.6. The number of hydrazone groups is 1. The molecule has 2 atom stereocenters. The summed E-state index contributed by atoms with van der Waals surface area (Å²) >= 11 is 5.40. The Kier molecular flexibility index (Phi) is 7.86. The summed E-state index contributed by atoms with van der Waals surface area (Å²) in [7, 11) is 0. The molecule has 2 aliphatic rings. The molecule has 1 aliphatic carbocycles. The SMILES string of the molecule is C/C(=N/NC(=S)N[C@@H]1CCCC[C@H]1C)c1ccc(OCC(=O)N2CCCC2)cc1. The molecule has 0 unspecified atom stereocenters. The van der Waals surface area contributed by atoms with Gasteiger partial charge in [-0.3, -0.25) is 10.2 Å². The molecule has 0 aromatic heterocycles. The standard InChI is InChI=1S/C22H32N4O2S/c1-16-7-3-4-8-20(16)23-22(29)25-24-17(2)18-9-11-19(12-10-18)28-15-21(27)26-13-5-6-14-26/h9-12,16,20H,3-8,13-15H2,1-2H3,(H2,23,25,29)/b24-17-/t16-,20-/m1/s1. The highest BCUT2D eigenvalue weighted by Crippen LogP contribution is 2.23. The molecule has 1 aliphatic heterocycles. The van der Waals surface area contributed by atoms with Gasteiger partial charge in [-0.15, -0.1) is 0 Å². The van der Waals surface area contributed by atoms with Crippen molar-refractivity contribution >= 4 is 28.9 Å². The van der Waals surface area contributed by atoms with E-state index in [9.17, 15) is 4.79 Å². The van der Waals surface area contributed by atoms with Crippen LogP contribution in [-0.4, -0.2) is 47.4 Å². The third-order valence-electron chi connectivity index (χ3n) is 5.85. The predicted molar refractivity (Wildman–Crippen MR) is 120 cm³/mol. The first kappa shape index (κ1) is 21.6. The van der Waals surface area contributed by atoms with Gasteiger partial charge in [0.05, 0.1) is 5.71 Å². The number of carbonyl (C=O) groups is 1. The minimum absolute atomic E-state index is 0.0572. The fourth-order valence-corrected chi connectivity index (χ4v) is 4.12. The topological polar surface area (TPSA) is 66.0 Å². The molecule has 0 bridgehead atoms. The first-order valence-corrected chi connectivity index (χ1v) is 11.1. The van der Waals surface area contributed by atoms with E-state index in [1.54, 1.807) is 0 Å². The van der Waals surface area contributed by atoms with Crippen LogP contribution in [0.1, 0.15) is 57.9 Å². The summed E-state index contributed by atoms with van der Waals surface area (Å²) in [6.07, 6.45) is 7.15. The van der Waals surface area contributed by atoms with Crippen molar-refractivity contribution in [2.45, 2.75) is 58.4 Å². The van der Waals surface area contributed by atoms with E-state index in [4.69, 9.17) is 17.0 Å². The molecular weight excluding hydrogens is 384 g/mol. The van der Waals surface area contributed by atoms with Crippen LogP contribution < -0.4 is 15.5 Å². The Bertz CT molecular complexity index is 729. The Morgan fingerprint density at radius 3 is 2.55 bits per heavy atom. The fourth-order valence-electron chi connectivity index (χ4n) is 3.93. The lowest BCUT2D eigenvalue weighted by atomic mass is 9.86. The Balaban J connectivity index is 1.45. The van der Waals surface area contributed by atoms with Crippen LogP contribution >= 0.6 is 12.2 Å². The zero-order valence-corrected chi connectivity index (χ0v) is 18.3. The summed E-state index contributed by atoms with van der Waals surface area (Å²) in [5, 5.41) is 8.37. The van der Waals surface area contributed by atoms with Crippen LogP contribution in [0.2, 0.25) is 0 Å². The summed E-state index contributed by atoms with van der Waals surface area (Å²) in [5.41, 5.74) is 4.78. The molecule has 0 spiro atoms. The van der Waals surface area contributed by atoms with E-state index in [1.807, 2.05) is 36.1 Å². The van der Waals surface area contributed by atoms with Crippen LogP contribution in [0.3, 0.4) is 0 Å². The molecule has 2 fully saturated rings. The van der Waals surface area contributed by atoms with Crippen LogP contribution in [0.15, 0.2) is 29.4 Å². The molecule has 1 aromatic carbocycles. The molecule has 1 heterocycles. The largest absolute Gasteiger partial charge is 0.484 e. The predicted octanol–water partition coefficient (Wildman–Crippen LogP) is 3.45. The molecule has 29 heavy (non-hydrogen) atoms. The van der Waals surface area contributed by atoms with Crippen LogP contribution in [0.4, 0.5) is 0 Å². The van der Waals surface area contributed by atoms with E-state index in [2.05, 4.69) is 22.8 Å². The maximum Gasteiger partial charge on any atom is 0.260 e. The minimum Gasteiger partial charge on any atom is -0.484 e. The second-order valence-corrected chi connectivity index (χ2v) is 8.46. The number of hydrogen-bond acceptors (Lipinski definition) is 4. The van der Waals surface area contributed by atoms with E-state index in [-0.39, 0.29) is 12.5 Å². The van der Waals surface area contributed by atoms with Crippen molar-refractivity contribution in [1.29, 1.82) is 0 Å². The summed E-state index contributed by atoms with van der Waals surface area (Å²) in [4.78, 5) is 13.9. The van der Waals surface area contributed by atoms with Crippen LogP contribution in [0, 0.1) is 5.92 Å². The third-order valence-corrected chi connectivity index (χ3v) is 6.06. The van der Waals surface area contributed by atoms with Gasteiger partial charge in [-0.25, -0.2) is 0 Å². The van der Waals surface area contributed by atoms with Crippen molar-refractivity contribution < 1.29 is 9.53 Å². The molecule has 0 radical (unpaired) electrons. The van der Waals surface area contributed by atoms with Crippen molar-refractivity contribution in [2.75, 3.05) is 19.7 Å². The van der Waals surface area contributed by atoms with Crippen molar-refractivity contribution in [1.82, 2.24) is 15.6 Å². The molecule has 7 heteroatoms. The number of hydrogen-bond donors (Lipinski definition) is 2. The summed E-state index contributed by atoms with van der Waals surface area (Å²) in [6, 6.07) is 8.04. The molecule has 6 nitrogen and oxygen atoms in total. The van der Waals surface area contributed by atoms with Gasteiger partial charge in [-0.1, -0.05) is 19.8 Å². The molecule has 158 valence electrons. The van der Waals surface area contributed by atoms with Crippen LogP contribution in [-0.2, 0) is 4.79 Å². The monoisotopic (exact) mass is 416 g/mol. The molecular formula is C22H32N4O2S. The number of ether oxygens (including phenoxy) is 1. The first-order valence-electron chi connectivity index (χ1n) is 10.6. The molecule has 1 saturated carbocycles. The summed E-state index contributed by atoms with van der Waals surface area (Å²) in [5.74, 6) is 1.38. The number of benzene rings is 1. The molecule has 1 amide bonds. The highest BCUT2D eigenvalue weighted by atomic mass is 32.1. The smallest absolute Gasteiger partial charge is 0.260 e. The lowest BCUT2D eigenvalue weighted by molar-refractivity contribution is -0.132. The third kappa shape index (κ3) is 6.42. The van der Waals surface area contributed by atoms with Gasteiger partial charge in [0.2, 0.25) is 0 Å². The van der Waals surface area contributed by atoms with Gasteiger partial charge in [-0.05, 0) is 80.6 Å². The number of amides is 1. The Morgan fingerprint density at radius 1 is 1.17 bits per heavy atom. The van der Waals surface area contributed by atoms with Crippen LogP contribution in [0.25, 0.3) is 0 Å². The number of carbonyl (C=O) groups excluding carboxylic acids is 1. The number of nitrogens with one attached hydrogen (secondary N) is 2. The van der Waals surface area contributed by atoms with Gasteiger partial charge < -0.3 is 15.0 Å². The molecule has 2 N–H and O–H groups in total.